The van der Waals surface area contributed by atoms with Gasteiger partial charge in [0, 0.05) is 49.7 Å². The fourth-order valence-corrected chi connectivity index (χ4v) is 10.3. The number of hydrogen-bond acceptors (Lipinski definition) is 7. The molecule has 2 aliphatic heterocycles. The second-order valence-electron chi connectivity index (χ2n) is 19.0. The maximum absolute atomic E-state index is 14.8. The maximum atomic E-state index is 14.8. The Morgan fingerprint density at radius 3 is 1.96 bits per heavy atom. The summed E-state index contributed by atoms with van der Waals surface area (Å²) in [6.45, 7) is 21.9. The first-order valence-corrected chi connectivity index (χ1v) is 19.6. The molecule has 0 aromatic heterocycles. The Morgan fingerprint density at radius 2 is 1.51 bits per heavy atom. The van der Waals surface area contributed by atoms with Crippen LogP contribution in [0.2, 0.25) is 0 Å². The number of nitrogens with zero attached hydrogens (tertiary/aromatic N) is 3. The van der Waals surface area contributed by atoms with Crippen LogP contribution in [0.5, 0.6) is 0 Å². The van der Waals surface area contributed by atoms with Crippen molar-refractivity contribution < 1.29 is 24.0 Å². The molecule has 1 unspecified atom stereocenters. The van der Waals surface area contributed by atoms with Gasteiger partial charge in [0.1, 0.15) is 12.1 Å². The average Bonchev–Trinajstić information content (AvgIpc) is 3.20. The molecule has 2 saturated heterocycles. The second-order valence-corrected chi connectivity index (χ2v) is 19.0. The van der Waals surface area contributed by atoms with Crippen molar-refractivity contribution >= 4 is 29.5 Å². The second kappa shape index (κ2) is 14.3. The average molecular weight is 714 g/mol. The number of nitrogens with two attached hydrogens (primary N) is 1. The predicted octanol–water partition coefficient (Wildman–Crippen LogP) is 3.28. The van der Waals surface area contributed by atoms with Crippen molar-refractivity contribution in [2.75, 3.05) is 33.2 Å². The lowest BCUT2D eigenvalue weighted by Gasteiger charge is -2.44. The number of urea groups is 1. The number of amides is 5. The van der Waals surface area contributed by atoms with Gasteiger partial charge in [0.05, 0.1) is 6.04 Å². The third-order valence-corrected chi connectivity index (χ3v) is 14.5. The highest BCUT2D eigenvalue weighted by molar-refractivity contribution is 6.37. The molecule has 0 aromatic carbocycles. The summed E-state index contributed by atoms with van der Waals surface area (Å²) >= 11 is 0. The van der Waals surface area contributed by atoms with Crippen LogP contribution in [0.25, 0.3) is 0 Å². The van der Waals surface area contributed by atoms with E-state index in [-0.39, 0.29) is 40.0 Å². The molecule has 5 rings (SSSR count). The number of Topliss-reactive ketones (excluding diaryl/α,β-unsaturated/α-hetero) is 1. The molecule has 0 bridgehead atoms. The van der Waals surface area contributed by atoms with Crippen molar-refractivity contribution in [3.8, 4) is 0 Å². The number of carbonyl (C=O) groups is 5. The van der Waals surface area contributed by atoms with E-state index >= 15 is 0 Å². The SMILES string of the molecule is CC(C)[C@@H](CN1C[C@H](C)N(C)[C@@H](C)C1)NC(=O)N[C@H](C(=O)N1C[C@]2(C[C@H]1C(=O)NC(CC1CCC1)C(=O)C(N)=O)C(C)(C)C21CCC1)C(C)(C)C. The Kier molecular flexibility index (Phi) is 11.0. The number of primary amides is 1. The Hall–Kier alpha value is -2.73. The van der Waals surface area contributed by atoms with Gasteiger partial charge in [-0.25, -0.2) is 4.79 Å². The normalized spacial score (nSPS) is 30.6. The van der Waals surface area contributed by atoms with Crippen LogP contribution >= 0.6 is 0 Å². The van der Waals surface area contributed by atoms with E-state index in [4.69, 9.17) is 5.73 Å². The van der Waals surface area contributed by atoms with Gasteiger partial charge in [-0.1, -0.05) is 74.1 Å². The summed E-state index contributed by atoms with van der Waals surface area (Å²) < 4.78 is 0. The van der Waals surface area contributed by atoms with Gasteiger partial charge in [-0.3, -0.25) is 29.0 Å². The van der Waals surface area contributed by atoms with Crippen LogP contribution in [-0.4, -0.2) is 114 Å². The molecule has 5 fully saturated rings. The number of ketones is 1. The van der Waals surface area contributed by atoms with Gasteiger partial charge >= 0.3 is 6.03 Å². The standard InChI is InChI=1S/C39H67N7O5/c1-23(2)28(21-45-19-24(3)44(10)25(4)20-45)42-35(51)43-31(36(5,6)7)34(50)46-22-39(37(8,9)38(39)15-12-16-38)18-29(46)33(49)41-27(30(47)32(40)48)17-26-13-11-14-26/h23-29,31H,11-22H2,1-10H3,(H2,40,48)(H,41,49)(H2,42,43,51)/t24-,25-,27?,28+,29-,31+,39+/m0/s1. The molecule has 5 N–H and O–H groups in total. The van der Waals surface area contributed by atoms with Crippen LogP contribution in [-0.2, 0) is 19.2 Å². The molecule has 12 nitrogen and oxygen atoms in total. The predicted molar refractivity (Wildman–Crippen MR) is 197 cm³/mol. The first-order valence-electron chi connectivity index (χ1n) is 19.6. The molecule has 2 heterocycles. The number of nitrogens with one attached hydrogen (secondary N) is 3. The monoisotopic (exact) mass is 714 g/mol. The van der Waals surface area contributed by atoms with Crippen molar-refractivity contribution in [2.45, 2.75) is 150 Å². The van der Waals surface area contributed by atoms with Crippen molar-refractivity contribution in [1.82, 2.24) is 30.7 Å². The molecule has 5 amide bonds. The van der Waals surface area contributed by atoms with Crippen molar-refractivity contribution in [3.63, 3.8) is 0 Å². The molecule has 2 spiro atoms. The van der Waals surface area contributed by atoms with Gasteiger partial charge in [-0.05, 0) is 74.7 Å². The fourth-order valence-electron chi connectivity index (χ4n) is 10.3. The Labute approximate surface area is 306 Å². The van der Waals surface area contributed by atoms with E-state index in [1.54, 1.807) is 4.90 Å². The molecule has 3 saturated carbocycles. The summed E-state index contributed by atoms with van der Waals surface area (Å²) in [6, 6.07) is -2.46. The summed E-state index contributed by atoms with van der Waals surface area (Å²) in [7, 11) is 2.16. The van der Waals surface area contributed by atoms with Gasteiger partial charge in [-0.15, -0.1) is 0 Å². The molecule has 5 aliphatic rings. The lowest BCUT2D eigenvalue weighted by molar-refractivity contribution is -0.143. The first-order chi connectivity index (χ1) is 23.7. The highest BCUT2D eigenvalue weighted by Crippen LogP contribution is 2.88. The van der Waals surface area contributed by atoms with E-state index < -0.39 is 47.2 Å². The minimum Gasteiger partial charge on any atom is -0.363 e. The number of likely N-dealkylation sites (N-methyl/N-ethyl adjacent to an activating group) is 1. The smallest absolute Gasteiger partial charge is 0.315 e. The van der Waals surface area contributed by atoms with Gasteiger partial charge < -0.3 is 26.6 Å². The summed E-state index contributed by atoms with van der Waals surface area (Å²) in [5.41, 5.74) is 4.52. The molecule has 7 atom stereocenters. The number of carbonyl (C=O) groups excluding carboxylic acids is 5. The minimum absolute atomic E-state index is 0.0622. The summed E-state index contributed by atoms with van der Waals surface area (Å²) in [5.74, 6) is -2.17. The zero-order valence-electron chi connectivity index (χ0n) is 33.1. The van der Waals surface area contributed by atoms with Crippen LogP contribution in [0, 0.1) is 33.5 Å². The third kappa shape index (κ3) is 7.17. The number of piperazine rings is 1. The van der Waals surface area contributed by atoms with E-state index in [1.807, 2.05) is 20.8 Å². The van der Waals surface area contributed by atoms with Crippen LogP contribution in [0.4, 0.5) is 4.79 Å². The summed E-state index contributed by atoms with van der Waals surface area (Å²) in [4.78, 5) is 74.4. The number of rotatable bonds is 12. The van der Waals surface area contributed by atoms with Gasteiger partial charge in [-0.2, -0.15) is 0 Å². The van der Waals surface area contributed by atoms with E-state index in [0.717, 1.165) is 51.6 Å². The fraction of sp³-hybridized carbons (Fsp3) is 0.872. The van der Waals surface area contributed by atoms with Crippen molar-refractivity contribution in [2.24, 2.45) is 39.2 Å². The molecule has 3 aliphatic carbocycles. The lowest BCUT2D eigenvalue weighted by Crippen LogP contribution is -2.62. The van der Waals surface area contributed by atoms with Crippen LogP contribution < -0.4 is 21.7 Å². The number of fused-ring (bicyclic) bond motifs is 1. The molecular weight excluding hydrogens is 646 g/mol. The minimum atomic E-state index is -1.06. The zero-order valence-corrected chi connectivity index (χ0v) is 33.1. The largest absolute Gasteiger partial charge is 0.363 e. The first kappa shape index (κ1) is 39.5. The maximum Gasteiger partial charge on any atom is 0.315 e. The molecule has 0 aromatic rings. The Bertz CT molecular complexity index is 1360. The van der Waals surface area contributed by atoms with Crippen molar-refractivity contribution in [3.05, 3.63) is 0 Å². The van der Waals surface area contributed by atoms with Gasteiger partial charge in [0.15, 0.2) is 0 Å². The van der Waals surface area contributed by atoms with Gasteiger partial charge in [0.2, 0.25) is 17.6 Å². The quantitative estimate of drug-likeness (QED) is 0.226. The van der Waals surface area contributed by atoms with E-state index in [0.29, 0.717) is 38.0 Å². The zero-order chi connectivity index (χ0) is 37.8. The third-order valence-electron chi connectivity index (χ3n) is 14.5. The van der Waals surface area contributed by atoms with Crippen molar-refractivity contribution in [1.29, 1.82) is 0 Å². The Morgan fingerprint density at radius 1 is 0.902 bits per heavy atom. The number of likely N-dealkylation sites (tertiary alicyclic amines) is 1. The van der Waals surface area contributed by atoms with Crippen LogP contribution in [0.1, 0.15) is 114 Å². The van der Waals surface area contributed by atoms with Crippen LogP contribution in [0.15, 0.2) is 0 Å². The summed E-state index contributed by atoms with van der Waals surface area (Å²) in [5, 5.41) is 9.15. The molecule has 51 heavy (non-hydrogen) atoms. The van der Waals surface area contributed by atoms with E-state index in [2.05, 4.69) is 74.3 Å². The van der Waals surface area contributed by atoms with E-state index in [1.165, 1.54) is 0 Å². The van der Waals surface area contributed by atoms with Gasteiger partial charge in [0.25, 0.3) is 5.91 Å². The molecular formula is C39H67N7O5. The van der Waals surface area contributed by atoms with Crippen LogP contribution in [0.3, 0.4) is 0 Å². The van der Waals surface area contributed by atoms with E-state index in [9.17, 15) is 24.0 Å². The Balaban J connectivity index is 1.36. The highest BCUT2D eigenvalue weighted by atomic mass is 16.2. The molecule has 12 heteroatoms. The summed E-state index contributed by atoms with van der Waals surface area (Å²) in [6.07, 6.45) is 7.04. The number of hydrogen-bond donors (Lipinski definition) is 4. The highest BCUT2D eigenvalue weighted by Gasteiger charge is 2.85. The molecule has 0 radical (unpaired) electrons. The molecule has 288 valence electrons. The lowest BCUT2D eigenvalue weighted by atomic mass is 9.73. The topological polar surface area (TPSA) is 157 Å².